The molecule has 5 heteroatoms. The summed E-state index contributed by atoms with van der Waals surface area (Å²) in [5.74, 6) is 0.410. The fourth-order valence-corrected chi connectivity index (χ4v) is 3.33. The molecule has 0 aliphatic carbocycles. The fourth-order valence-electron chi connectivity index (χ4n) is 3.33. The molecule has 1 aromatic carbocycles. The van der Waals surface area contributed by atoms with Gasteiger partial charge in [-0.1, -0.05) is 18.2 Å². The molecule has 0 saturated carbocycles. The van der Waals surface area contributed by atoms with Gasteiger partial charge in [-0.15, -0.1) is 0 Å². The van der Waals surface area contributed by atoms with Crippen molar-refractivity contribution in [1.29, 1.82) is 0 Å². The van der Waals surface area contributed by atoms with E-state index < -0.39 is 0 Å². The summed E-state index contributed by atoms with van der Waals surface area (Å²) in [5.41, 5.74) is 0.587. The van der Waals surface area contributed by atoms with E-state index in [-0.39, 0.29) is 18.4 Å². The van der Waals surface area contributed by atoms with Crippen LogP contribution in [0.25, 0.3) is 0 Å². The minimum atomic E-state index is -0.193. The topological polar surface area (TPSA) is 61.4 Å². The van der Waals surface area contributed by atoms with Crippen LogP contribution in [-0.4, -0.2) is 48.9 Å². The number of carbonyl (C=O) groups is 2. The maximum Gasteiger partial charge on any atom is 0.251 e. The second kappa shape index (κ2) is 6.26. The van der Waals surface area contributed by atoms with Crippen molar-refractivity contribution < 1.29 is 9.59 Å². The van der Waals surface area contributed by atoms with E-state index in [4.69, 9.17) is 0 Å². The molecular weight excluding hydrogens is 266 g/mol. The number of amides is 2. The molecule has 21 heavy (non-hydrogen) atoms. The first-order valence-electron chi connectivity index (χ1n) is 7.59. The van der Waals surface area contributed by atoms with Crippen molar-refractivity contribution in [2.75, 3.05) is 26.2 Å². The summed E-state index contributed by atoms with van der Waals surface area (Å²) in [7, 11) is 0. The lowest BCUT2D eigenvalue weighted by Gasteiger charge is -2.37. The summed E-state index contributed by atoms with van der Waals surface area (Å²) in [4.78, 5) is 26.3. The standard InChI is InChI=1S/C16H21N3O2/c20-15(11-18-16(21)12-5-2-1-3-6-12)19-8-4-7-13-9-17-10-14(13)19/h1-3,5-6,13-14,17H,4,7-11H2,(H,18,21). The van der Waals surface area contributed by atoms with Gasteiger partial charge < -0.3 is 15.5 Å². The van der Waals surface area contributed by atoms with Gasteiger partial charge in [0.15, 0.2) is 0 Å². The van der Waals surface area contributed by atoms with Crippen LogP contribution in [0.4, 0.5) is 0 Å². The molecule has 112 valence electrons. The molecule has 2 fully saturated rings. The molecule has 2 aliphatic heterocycles. The van der Waals surface area contributed by atoms with Gasteiger partial charge in [0.05, 0.1) is 6.54 Å². The maximum atomic E-state index is 12.4. The van der Waals surface area contributed by atoms with E-state index in [2.05, 4.69) is 10.6 Å². The molecule has 2 N–H and O–H groups in total. The van der Waals surface area contributed by atoms with Crippen LogP contribution in [0.15, 0.2) is 30.3 Å². The number of fused-ring (bicyclic) bond motifs is 1. The van der Waals surface area contributed by atoms with Crippen molar-refractivity contribution in [1.82, 2.24) is 15.5 Å². The number of piperidine rings is 1. The molecule has 2 saturated heterocycles. The van der Waals surface area contributed by atoms with E-state index in [1.54, 1.807) is 12.1 Å². The molecular formula is C16H21N3O2. The van der Waals surface area contributed by atoms with Gasteiger partial charge in [0.1, 0.15) is 0 Å². The van der Waals surface area contributed by atoms with Gasteiger partial charge >= 0.3 is 0 Å². The number of hydrogen-bond donors (Lipinski definition) is 2. The van der Waals surface area contributed by atoms with Gasteiger partial charge in [0.2, 0.25) is 5.91 Å². The van der Waals surface area contributed by atoms with Gasteiger partial charge in [-0.3, -0.25) is 9.59 Å². The van der Waals surface area contributed by atoms with E-state index in [1.165, 1.54) is 6.42 Å². The first-order valence-corrected chi connectivity index (χ1v) is 7.59. The first-order chi connectivity index (χ1) is 10.3. The van der Waals surface area contributed by atoms with Crippen LogP contribution < -0.4 is 10.6 Å². The number of carbonyl (C=O) groups excluding carboxylic acids is 2. The molecule has 0 radical (unpaired) electrons. The molecule has 2 aliphatic rings. The Morgan fingerprint density at radius 2 is 2.05 bits per heavy atom. The Morgan fingerprint density at radius 3 is 2.86 bits per heavy atom. The third kappa shape index (κ3) is 3.08. The van der Waals surface area contributed by atoms with Gasteiger partial charge in [-0.25, -0.2) is 0 Å². The lowest BCUT2D eigenvalue weighted by atomic mass is 9.92. The Bertz CT molecular complexity index is 518. The summed E-state index contributed by atoms with van der Waals surface area (Å²) in [6, 6.07) is 9.30. The molecule has 3 rings (SSSR count). The van der Waals surface area contributed by atoms with Crippen LogP contribution in [0.1, 0.15) is 23.2 Å². The van der Waals surface area contributed by atoms with Crippen molar-refractivity contribution in [3.63, 3.8) is 0 Å². The van der Waals surface area contributed by atoms with E-state index in [1.807, 2.05) is 23.1 Å². The van der Waals surface area contributed by atoms with Crippen molar-refractivity contribution in [2.45, 2.75) is 18.9 Å². The molecule has 2 unspecified atom stereocenters. The zero-order valence-electron chi connectivity index (χ0n) is 12.0. The average molecular weight is 287 g/mol. The Balaban J connectivity index is 1.55. The lowest BCUT2D eigenvalue weighted by Crippen LogP contribution is -2.51. The lowest BCUT2D eigenvalue weighted by molar-refractivity contribution is -0.134. The van der Waals surface area contributed by atoms with Crippen LogP contribution in [0, 0.1) is 5.92 Å². The predicted octanol–water partition coefficient (Wildman–Crippen LogP) is 0.627. The highest BCUT2D eigenvalue weighted by molar-refractivity contribution is 5.96. The summed E-state index contributed by atoms with van der Waals surface area (Å²) < 4.78 is 0. The summed E-state index contributed by atoms with van der Waals surface area (Å²) in [5, 5.41) is 6.08. The Morgan fingerprint density at radius 1 is 1.24 bits per heavy atom. The highest BCUT2D eigenvalue weighted by Gasteiger charge is 2.37. The SMILES string of the molecule is O=C(NCC(=O)N1CCCC2CNCC21)c1ccccc1. The largest absolute Gasteiger partial charge is 0.343 e. The zero-order valence-corrected chi connectivity index (χ0v) is 12.0. The van der Waals surface area contributed by atoms with Crippen LogP contribution in [-0.2, 0) is 4.79 Å². The van der Waals surface area contributed by atoms with Crippen molar-refractivity contribution in [3.05, 3.63) is 35.9 Å². The van der Waals surface area contributed by atoms with Gasteiger partial charge in [-0.05, 0) is 30.9 Å². The maximum absolute atomic E-state index is 12.4. The predicted molar refractivity (Wildman–Crippen MR) is 79.9 cm³/mol. The van der Waals surface area contributed by atoms with Gasteiger partial charge in [0, 0.05) is 31.2 Å². The Kier molecular flexibility index (Phi) is 4.20. The number of benzene rings is 1. The van der Waals surface area contributed by atoms with E-state index in [9.17, 15) is 9.59 Å². The van der Waals surface area contributed by atoms with Crippen LogP contribution in [0.2, 0.25) is 0 Å². The normalized spacial score (nSPS) is 24.5. The van der Waals surface area contributed by atoms with E-state index in [0.717, 1.165) is 26.1 Å². The van der Waals surface area contributed by atoms with Gasteiger partial charge in [0.25, 0.3) is 5.91 Å². The quantitative estimate of drug-likeness (QED) is 0.857. The third-order valence-corrected chi connectivity index (χ3v) is 4.43. The minimum Gasteiger partial charge on any atom is -0.343 e. The fraction of sp³-hybridized carbons (Fsp3) is 0.500. The molecule has 0 spiro atoms. The number of rotatable bonds is 3. The number of hydrogen-bond acceptors (Lipinski definition) is 3. The summed E-state index contributed by atoms with van der Waals surface area (Å²) in [6.45, 7) is 2.77. The Labute approximate surface area is 124 Å². The molecule has 0 aromatic heterocycles. The van der Waals surface area contributed by atoms with E-state index >= 15 is 0 Å². The zero-order chi connectivity index (χ0) is 14.7. The second-order valence-electron chi connectivity index (χ2n) is 5.76. The van der Waals surface area contributed by atoms with Crippen LogP contribution in [0.3, 0.4) is 0 Å². The number of likely N-dealkylation sites (tertiary alicyclic amines) is 1. The monoisotopic (exact) mass is 287 g/mol. The highest BCUT2D eigenvalue weighted by atomic mass is 16.2. The second-order valence-corrected chi connectivity index (χ2v) is 5.76. The van der Waals surface area contributed by atoms with Crippen LogP contribution in [0.5, 0.6) is 0 Å². The smallest absolute Gasteiger partial charge is 0.251 e. The molecule has 1 aromatic rings. The third-order valence-electron chi connectivity index (χ3n) is 4.43. The van der Waals surface area contributed by atoms with Crippen LogP contribution >= 0.6 is 0 Å². The number of nitrogens with zero attached hydrogens (tertiary/aromatic N) is 1. The Hall–Kier alpha value is -1.88. The molecule has 2 amide bonds. The summed E-state index contributed by atoms with van der Waals surface area (Å²) >= 11 is 0. The average Bonchev–Trinajstić information content (AvgIpc) is 3.01. The van der Waals surface area contributed by atoms with E-state index in [0.29, 0.717) is 17.5 Å². The molecule has 2 atom stereocenters. The van der Waals surface area contributed by atoms with Crippen molar-refractivity contribution in [2.24, 2.45) is 5.92 Å². The van der Waals surface area contributed by atoms with Gasteiger partial charge in [-0.2, -0.15) is 0 Å². The highest BCUT2D eigenvalue weighted by Crippen LogP contribution is 2.26. The van der Waals surface area contributed by atoms with Crippen molar-refractivity contribution >= 4 is 11.8 Å². The summed E-state index contributed by atoms with van der Waals surface area (Å²) in [6.07, 6.45) is 2.25. The molecule has 5 nitrogen and oxygen atoms in total. The number of nitrogens with one attached hydrogen (secondary N) is 2. The van der Waals surface area contributed by atoms with Crippen molar-refractivity contribution in [3.8, 4) is 0 Å². The minimum absolute atomic E-state index is 0.0256. The molecule has 2 heterocycles. The molecule has 0 bridgehead atoms. The first kappa shape index (κ1) is 14.1.